The fourth-order valence-electron chi connectivity index (χ4n) is 4.54. The zero-order valence-electron chi connectivity index (χ0n) is 23.5. The van der Waals surface area contributed by atoms with E-state index in [0.717, 1.165) is 19.5 Å². The Bertz CT molecular complexity index is 1080. The molecule has 4 heteroatoms. The minimum Gasteiger partial charge on any atom is -0.309 e. The summed E-state index contributed by atoms with van der Waals surface area (Å²) in [5.74, 6) is 0.941. The van der Waals surface area contributed by atoms with E-state index in [0.29, 0.717) is 11.8 Å². The Labute approximate surface area is 243 Å². The lowest BCUT2D eigenvalue weighted by Gasteiger charge is -2.22. The highest BCUT2D eigenvalue weighted by molar-refractivity contribution is 5.85. The minimum atomic E-state index is 0. The van der Waals surface area contributed by atoms with E-state index < -0.39 is 0 Å². The second kappa shape index (κ2) is 17.8. The van der Waals surface area contributed by atoms with Crippen molar-refractivity contribution in [1.29, 1.82) is 0 Å². The van der Waals surface area contributed by atoms with E-state index in [4.69, 9.17) is 0 Å². The molecule has 0 aliphatic heterocycles. The van der Waals surface area contributed by atoms with Crippen molar-refractivity contribution in [3.8, 4) is 0 Å². The zero-order chi connectivity index (χ0) is 25.8. The van der Waals surface area contributed by atoms with Crippen molar-refractivity contribution in [3.63, 3.8) is 0 Å². The van der Waals surface area contributed by atoms with E-state index in [9.17, 15) is 0 Å². The summed E-state index contributed by atoms with van der Waals surface area (Å²) in [6, 6.07) is 41.2. The molecule has 0 aromatic heterocycles. The van der Waals surface area contributed by atoms with Crippen LogP contribution in [0.25, 0.3) is 0 Å². The number of benzene rings is 4. The van der Waals surface area contributed by atoms with Crippen LogP contribution in [0.5, 0.6) is 0 Å². The molecule has 0 heterocycles. The van der Waals surface area contributed by atoms with Gasteiger partial charge >= 0.3 is 0 Å². The highest BCUT2D eigenvalue weighted by atomic mass is 35.5. The normalized spacial score (nSPS) is 11.3. The topological polar surface area (TPSA) is 6.48 Å². The Hall–Kier alpha value is -2.62. The third kappa shape index (κ3) is 11.0. The van der Waals surface area contributed by atoms with Crippen molar-refractivity contribution in [2.75, 3.05) is 41.3 Å². The largest absolute Gasteiger partial charge is 0.309 e. The van der Waals surface area contributed by atoms with E-state index in [1.165, 1.54) is 27.8 Å². The monoisotopic (exact) mass is 550 g/mol. The molecule has 0 aliphatic rings. The highest BCUT2D eigenvalue weighted by Crippen LogP contribution is 2.28. The van der Waals surface area contributed by atoms with Gasteiger partial charge in [-0.1, -0.05) is 121 Å². The molecule has 204 valence electrons. The number of likely N-dealkylation sites (N-methyl/N-ethyl adjacent to an activating group) is 1. The van der Waals surface area contributed by atoms with Crippen LogP contribution in [0.2, 0.25) is 0 Å². The number of hydrogen-bond acceptors (Lipinski definition) is 2. The molecule has 2 nitrogen and oxygen atoms in total. The van der Waals surface area contributed by atoms with Crippen molar-refractivity contribution in [2.24, 2.45) is 0 Å². The molecule has 4 aromatic carbocycles. The standard InChI is InChI=1S/C18H23N.C16H19N.2ClH/c1-15-9-11-17(12-10-15)18(13-14-19(2)3)16-7-5-4-6-8-16;1-17(2)13-16(14-9-5-3-6-10-14)15-11-7-4-8-12-15;;/h4-12,18H,13-14H2,1-3H3;3-12,16H,13H2,1-2H3;2*1H. The van der Waals surface area contributed by atoms with Gasteiger partial charge in [0.2, 0.25) is 0 Å². The molecule has 0 amide bonds. The number of hydrogen-bond donors (Lipinski definition) is 0. The van der Waals surface area contributed by atoms with E-state index in [1.54, 1.807) is 0 Å². The summed E-state index contributed by atoms with van der Waals surface area (Å²) in [5, 5.41) is 0. The Kier molecular flexibility index (Phi) is 15.7. The van der Waals surface area contributed by atoms with Crippen LogP contribution in [0.15, 0.2) is 115 Å². The second-order valence-corrected chi connectivity index (χ2v) is 10.1. The van der Waals surface area contributed by atoms with Crippen LogP contribution in [0.4, 0.5) is 0 Å². The van der Waals surface area contributed by atoms with Crippen LogP contribution >= 0.6 is 24.8 Å². The number of halogens is 2. The van der Waals surface area contributed by atoms with Crippen molar-refractivity contribution in [3.05, 3.63) is 143 Å². The first kappa shape index (κ1) is 33.4. The molecular formula is C34H44Cl2N2. The van der Waals surface area contributed by atoms with Gasteiger partial charge in [-0.05, 0) is 70.3 Å². The molecule has 4 rings (SSSR count). The molecule has 0 bridgehead atoms. The van der Waals surface area contributed by atoms with Gasteiger partial charge in [0.15, 0.2) is 0 Å². The number of aryl methyl sites for hydroxylation is 1. The molecule has 0 fully saturated rings. The SMILES string of the molecule is CN(C)CC(c1ccccc1)c1ccccc1.Cc1ccc(C(CCN(C)C)c2ccccc2)cc1.Cl.Cl. The average molecular weight is 552 g/mol. The number of nitrogens with zero attached hydrogens (tertiary/aromatic N) is 2. The lowest BCUT2D eigenvalue weighted by Crippen LogP contribution is -2.21. The molecule has 1 atom stereocenters. The van der Waals surface area contributed by atoms with Crippen LogP contribution < -0.4 is 0 Å². The van der Waals surface area contributed by atoms with Gasteiger partial charge in [0.05, 0.1) is 0 Å². The van der Waals surface area contributed by atoms with Gasteiger partial charge in [-0.2, -0.15) is 0 Å². The zero-order valence-corrected chi connectivity index (χ0v) is 25.1. The van der Waals surface area contributed by atoms with Crippen molar-refractivity contribution < 1.29 is 0 Å². The van der Waals surface area contributed by atoms with Crippen molar-refractivity contribution in [1.82, 2.24) is 9.80 Å². The Morgan fingerprint density at radius 1 is 0.474 bits per heavy atom. The lowest BCUT2D eigenvalue weighted by molar-refractivity contribution is 0.390. The van der Waals surface area contributed by atoms with Gasteiger partial charge in [0, 0.05) is 18.4 Å². The quantitative estimate of drug-likeness (QED) is 0.206. The predicted molar refractivity (Wildman–Crippen MR) is 170 cm³/mol. The van der Waals surface area contributed by atoms with Gasteiger partial charge in [-0.3, -0.25) is 0 Å². The molecule has 0 radical (unpaired) electrons. The third-order valence-electron chi connectivity index (χ3n) is 6.50. The lowest BCUT2D eigenvalue weighted by atomic mass is 9.88. The summed E-state index contributed by atoms with van der Waals surface area (Å²) in [7, 11) is 8.52. The first-order chi connectivity index (χ1) is 17.4. The summed E-state index contributed by atoms with van der Waals surface area (Å²) in [6.07, 6.45) is 1.15. The minimum absolute atomic E-state index is 0. The summed E-state index contributed by atoms with van der Waals surface area (Å²) < 4.78 is 0. The molecule has 0 saturated carbocycles. The van der Waals surface area contributed by atoms with E-state index in [2.05, 4.69) is 160 Å². The summed E-state index contributed by atoms with van der Waals surface area (Å²) >= 11 is 0. The first-order valence-corrected chi connectivity index (χ1v) is 12.9. The van der Waals surface area contributed by atoms with Gasteiger partial charge in [0.25, 0.3) is 0 Å². The maximum absolute atomic E-state index is 2.27. The van der Waals surface area contributed by atoms with Gasteiger partial charge in [-0.15, -0.1) is 24.8 Å². The molecule has 38 heavy (non-hydrogen) atoms. The van der Waals surface area contributed by atoms with E-state index >= 15 is 0 Å². The second-order valence-electron chi connectivity index (χ2n) is 10.1. The molecular weight excluding hydrogens is 507 g/mol. The fourth-order valence-corrected chi connectivity index (χ4v) is 4.54. The van der Waals surface area contributed by atoms with Crippen LogP contribution in [-0.4, -0.2) is 51.1 Å². The van der Waals surface area contributed by atoms with E-state index in [-0.39, 0.29) is 24.8 Å². The van der Waals surface area contributed by atoms with Gasteiger partial charge in [-0.25, -0.2) is 0 Å². The molecule has 1 unspecified atom stereocenters. The maximum atomic E-state index is 2.27. The van der Waals surface area contributed by atoms with Crippen LogP contribution in [0.1, 0.15) is 46.1 Å². The van der Waals surface area contributed by atoms with Crippen molar-refractivity contribution in [2.45, 2.75) is 25.2 Å². The summed E-state index contributed by atoms with van der Waals surface area (Å²) in [6.45, 7) is 4.28. The summed E-state index contributed by atoms with van der Waals surface area (Å²) in [5.41, 5.74) is 6.91. The Morgan fingerprint density at radius 2 is 0.842 bits per heavy atom. The summed E-state index contributed by atoms with van der Waals surface area (Å²) in [4.78, 5) is 4.49. The Morgan fingerprint density at radius 3 is 1.21 bits per heavy atom. The van der Waals surface area contributed by atoms with Crippen molar-refractivity contribution >= 4 is 24.8 Å². The molecule has 0 spiro atoms. The molecule has 4 aromatic rings. The number of rotatable bonds is 9. The van der Waals surface area contributed by atoms with Gasteiger partial charge < -0.3 is 9.80 Å². The third-order valence-corrected chi connectivity index (χ3v) is 6.50. The fraction of sp³-hybridized carbons (Fsp3) is 0.294. The highest BCUT2D eigenvalue weighted by Gasteiger charge is 2.15. The Balaban J connectivity index is 0.000000363. The van der Waals surface area contributed by atoms with Crippen LogP contribution in [0, 0.1) is 6.92 Å². The average Bonchev–Trinajstić information content (AvgIpc) is 2.90. The molecule has 0 aliphatic carbocycles. The first-order valence-electron chi connectivity index (χ1n) is 12.9. The maximum Gasteiger partial charge on any atom is 0.0217 e. The predicted octanol–water partition coefficient (Wildman–Crippen LogP) is 8.30. The van der Waals surface area contributed by atoms with Gasteiger partial charge in [0.1, 0.15) is 0 Å². The molecule has 0 N–H and O–H groups in total. The van der Waals surface area contributed by atoms with E-state index in [1.807, 2.05) is 0 Å². The van der Waals surface area contributed by atoms with Crippen LogP contribution in [0.3, 0.4) is 0 Å². The van der Waals surface area contributed by atoms with Crippen LogP contribution in [-0.2, 0) is 0 Å². The molecule has 0 saturated heterocycles. The smallest absolute Gasteiger partial charge is 0.0217 e.